The summed E-state index contributed by atoms with van der Waals surface area (Å²) < 4.78 is 5.20. The highest BCUT2D eigenvalue weighted by molar-refractivity contribution is 5.53. The van der Waals surface area contributed by atoms with Crippen molar-refractivity contribution in [2.45, 2.75) is 19.8 Å². The maximum Gasteiger partial charge on any atom is 0.119 e. The van der Waals surface area contributed by atoms with Crippen LogP contribution in [0.5, 0.6) is 5.75 Å². The van der Waals surface area contributed by atoms with E-state index in [-0.39, 0.29) is 0 Å². The van der Waals surface area contributed by atoms with E-state index in [1.807, 2.05) is 6.07 Å². The Hall–Kier alpha value is -1.22. The van der Waals surface area contributed by atoms with E-state index in [4.69, 9.17) is 4.74 Å². The molecule has 0 aliphatic carbocycles. The third kappa shape index (κ3) is 3.37. The van der Waals surface area contributed by atoms with Gasteiger partial charge in [-0.25, -0.2) is 0 Å². The minimum absolute atomic E-state index is 0.924. The van der Waals surface area contributed by atoms with Crippen LogP contribution in [0.25, 0.3) is 0 Å². The molecule has 1 N–H and O–H groups in total. The summed E-state index contributed by atoms with van der Waals surface area (Å²) in [5, 5.41) is 3.49. The van der Waals surface area contributed by atoms with Crippen molar-refractivity contribution in [3.63, 3.8) is 0 Å². The number of methoxy groups -OCH3 is 1. The van der Waals surface area contributed by atoms with E-state index < -0.39 is 0 Å². The number of rotatable bonds is 5. The summed E-state index contributed by atoms with van der Waals surface area (Å²) in [5.41, 5.74) is 2.45. The molecule has 0 radical (unpaired) electrons. The second-order valence-electron chi connectivity index (χ2n) is 4.66. The number of anilines is 1. The van der Waals surface area contributed by atoms with Crippen molar-refractivity contribution in [1.82, 2.24) is 4.90 Å². The number of ether oxygens (including phenoxy) is 1. The molecule has 0 spiro atoms. The molecule has 1 aliphatic heterocycles. The van der Waals surface area contributed by atoms with Gasteiger partial charge in [0.2, 0.25) is 0 Å². The Morgan fingerprint density at radius 2 is 2.06 bits per heavy atom. The fraction of sp³-hybridized carbons (Fsp3) is 0.571. The molecule has 3 nitrogen and oxygen atoms in total. The first-order valence-corrected chi connectivity index (χ1v) is 6.40. The van der Waals surface area contributed by atoms with Crippen molar-refractivity contribution in [3.8, 4) is 5.75 Å². The molecule has 2 rings (SSSR count). The SMILES string of the molecule is COc1ccc(NCCN2CCCC2)c(C)c1. The molecule has 0 aromatic heterocycles. The third-order valence-electron chi connectivity index (χ3n) is 3.38. The molecule has 0 saturated carbocycles. The number of nitrogens with one attached hydrogen (secondary N) is 1. The fourth-order valence-corrected chi connectivity index (χ4v) is 2.32. The van der Waals surface area contributed by atoms with E-state index in [1.54, 1.807) is 7.11 Å². The molecule has 3 heteroatoms. The molecule has 1 aromatic rings. The van der Waals surface area contributed by atoms with E-state index >= 15 is 0 Å². The zero-order chi connectivity index (χ0) is 12.1. The van der Waals surface area contributed by atoms with Crippen LogP contribution in [0.2, 0.25) is 0 Å². The highest BCUT2D eigenvalue weighted by atomic mass is 16.5. The minimum Gasteiger partial charge on any atom is -0.497 e. The highest BCUT2D eigenvalue weighted by Crippen LogP contribution is 2.20. The van der Waals surface area contributed by atoms with Crippen molar-refractivity contribution in [1.29, 1.82) is 0 Å². The highest BCUT2D eigenvalue weighted by Gasteiger charge is 2.10. The Labute approximate surface area is 104 Å². The first-order valence-electron chi connectivity index (χ1n) is 6.40. The lowest BCUT2D eigenvalue weighted by molar-refractivity contribution is 0.352. The largest absolute Gasteiger partial charge is 0.497 e. The molecule has 1 aliphatic rings. The average Bonchev–Trinajstić information content (AvgIpc) is 2.84. The molecule has 0 unspecified atom stereocenters. The van der Waals surface area contributed by atoms with Crippen molar-refractivity contribution in [2.75, 3.05) is 38.6 Å². The van der Waals surface area contributed by atoms with E-state index in [0.29, 0.717) is 0 Å². The Morgan fingerprint density at radius 1 is 1.29 bits per heavy atom. The summed E-state index contributed by atoms with van der Waals surface area (Å²) in [6.07, 6.45) is 2.73. The molecule has 1 fully saturated rings. The molecule has 94 valence electrons. The molecular formula is C14H22N2O. The lowest BCUT2D eigenvalue weighted by atomic mass is 10.2. The standard InChI is InChI=1S/C14H22N2O/c1-12-11-13(17-2)5-6-14(12)15-7-10-16-8-3-4-9-16/h5-6,11,15H,3-4,7-10H2,1-2H3. The van der Waals surface area contributed by atoms with Crippen LogP contribution >= 0.6 is 0 Å². The lowest BCUT2D eigenvalue weighted by Gasteiger charge is -2.16. The van der Waals surface area contributed by atoms with Crippen LogP contribution in [0, 0.1) is 6.92 Å². The van der Waals surface area contributed by atoms with Gasteiger partial charge in [-0.15, -0.1) is 0 Å². The van der Waals surface area contributed by atoms with E-state index in [2.05, 4.69) is 29.3 Å². The van der Waals surface area contributed by atoms with Crippen molar-refractivity contribution < 1.29 is 4.74 Å². The summed E-state index contributed by atoms with van der Waals surface area (Å²) in [6, 6.07) is 6.17. The van der Waals surface area contributed by atoms with Gasteiger partial charge < -0.3 is 15.0 Å². The molecule has 1 aromatic carbocycles. The summed E-state index contributed by atoms with van der Waals surface area (Å²) >= 11 is 0. The quantitative estimate of drug-likeness (QED) is 0.847. The zero-order valence-corrected chi connectivity index (χ0v) is 10.8. The molecule has 17 heavy (non-hydrogen) atoms. The first kappa shape index (κ1) is 12.2. The van der Waals surface area contributed by atoms with Crippen LogP contribution < -0.4 is 10.1 Å². The number of nitrogens with zero attached hydrogens (tertiary/aromatic N) is 1. The minimum atomic E-state index is 0.924. The van der Waals surface area contributed by atoms with Crippen LogP contribution in [0.1, 0.15) is 18.4 Å². The Morgan fingerprint density at radius 3 is 2.71 bits per heavy atom. The van der Waals surface area contributed by atoms with Crippen LogP contribution in [-0.4, -0.2) is 38.2 Å². The number of hydrogen-bond acceptors (Lipinski definition) is 3. The smallest absolute Gasteiger partial charge is 0.119 e. The molecule has 0 atom stereocenters. The summed E-state index contributed by atoms with van der Waals surface area (Å²) in [5.74, 6) is 0.924. The number of likely N-dealkylation sites (tertiary alicyclic amines) is 1. The summed E-state index contributed by atoms with van der Waals surface area (Å²) in [4.78, 5) is 2.52. The van der Waals surface area contributed by atoms with Crippen molar-refractivity contribution in [2.24, 2.45) is 0 Å². The van der Waals surface area contributed by atoms with Crippen LogP contribution in [0.3, 0.4) is 0 Å². The number of benzene rings is 1. The second-order valence-corrected chi connectivity index (χ2v) is 4.66. The van der Waals surface area contributed by atoms with Gasteiger partial charge in [-0.2, -0.15) is 0 Å². The summed E-state index contributed by atoms with van der Waals surface area (Å²) in [7, 11) is 1.70. The molecule has 1 heterocycles. The third-order valence-corrected chi connectivity index (χ3v) is 3.38. The van der Waals surface area contributed by atoms with Gasteiger partial charge >= 0.3 is 0 Å². The normalized spacial score (nSPS) is 16.1. The van der Waals surface area contributed by atoms with Crippen molar-refractivity contribution in [3.05, 3.63) is 23.8 Å². The zero-order valence-electron chi connectivity index (χ0n) is 10.8. The van der Waals surface area contributed by atoms with E-state index in [9.17, 15) is 0 Å². The summed E-state index contributed by atoms with van der Waals surface area (Å²) in [6.45, 7) is 6.81. The number of aryl methyl sites for hydroxylation is 1. The van der Waals surface area contributed by atoms with Gasteiger partial charge in [-0.1, -0.05) is 0 Å². The van der Waals surface area contributed by atoms with Gasteiger partial charge in [0.15, 0.2) is 0 Å². The van der Waals surface area contributed by atoms with Gasteiger partial charge in [0.25, 0.3) is 0 Å². The molecular weight excluding hydrogens is 212 g/mol. The van der Waals surface area contributed by atoms with Gasteiger partial charge in [-0.05, 0) is 56.6 Å². The van der Waals surface area contributed by atoms with Crippen LogP contribution in [-0.2, 0) is 0 Å². The van der Waals surface area contributed by atoms with Gasteiger partial charge in [0, 0.05) is 18.8 Å². The van der Waals surface area contributed by atoms with Gasteiger partial charge in [0.1, 0.15) is 5.75 Å². The Bertz CT molecular complexity index is 359. The number of hydrogen-bond donors (Lipinski definition) is 1. The Balaban J connectivity index is 1.81. The van der Waals surface area contributed by atoms with E-state index in [1.165, 1.54) is 37.2 Å². The monoisotopic (exact) mass is 234 g/mol. The first-order chi connectivity index (χ1) is 8.29. The second kappa shape index (κ2) is 5.92. The van der Waals surface area contributed by atoms with Crippen molar-refractivity contribution >= 4 is 5.69 Å². The molecule has 0 bridgehead atoms. The fourth-order valence-electron chi connectivity index (χ4n) is 2.32. The van der Waals surface area contributed by atoms with E-state index in [0.717, 1.165) is 18.8 Å². The lowest BCUT2D eigenvalue weighted by Crippen LogP contribution is -2.26. The Kier molecular flexibility index (Phi) is 4.26. The predicted octanol–water partition coefficient (Wildman–Crippen LogP) is 2.51. The van der Waals surface area contributed by atoms with Gasteiger partial charge in [-0.3, -0.25) is 0 Å². The maximum atomic E-state index is 5.20. The maximum absolute atomic E-state index is 5.20. The van der Waals surface area contributed by atoms with Gasteiger partial charge in [0.05, 0.1) is 7.11 Å². The van der Waals surface area contributed by atoms with Crippen LogP contribution in [0.15, 0.2) is 18.2 Å². The molecule has 0 amide bonds. The van der Waals surface area contributed by atoms with Crippen LogP contribution in [0.4, 0.5) is 5.69 Å². The molecule has 1 saturated heterocycles. The topological polar surface area (TPSA) is 24.5 Å². The predicted molar refractivity (Wildman–Crippen MR) is 71.9 cm³/mol. The average molecular weight is 234 g/mol.